The van der Waals surface area contributed by atoms with Crippen LogP contribution in [0, 0.1) is 0 Å². The summed E-state index contributed by atoms with van der Waals surface area (Å²) >= 11 is 0. The molecule has 0 spiro atoms. The summed E-state index contributed by atoms with van der Waals surface area (Å²) in [6.07, 6.45) is 0. The molecule has 12 rings (SSSR count). The maximum atomic E-state index is 6.27. The first kappa shape index (κ1) is 39.5. The molecule has 0 fully saturated rings. The first-order valence-electron chi connectivity index (χ1n) is 22.3. The zero-order chi connectivity index (χ0) is 44.5. The maximum Gasteiger partial charge on any atom is 0.164 e. The van der Waals surface area contributed by atoms with Crippen molar-refractivity contribution in [2.24, 2.45) is 0 Å². The molecule has 0 aliphatic carbocycles. The fraction of sp³-hybridized carbons (Fsp3) is 0. The van der Waals surface area contributed by atoms with E-state index in [4.69, 9.17) is 29.3 Å². The summed E-state index contributed by atoms with van der Waals surface area (Å²) in [5, 5.41) is 2.13. The first-order valence-corrected chi connectivity index (χ1v) is 22.3. The molecule has 0 atom stereocenters. The zero-order valence-electron chi connectivity index (χ0n) is 36.2. The van der Waals surface area contributed by atoms with E-state index in [1.165, 1.54) is 5.56 Å². The topological polar surface area (TPSA) is 77.6 Å². The van der Waals surface area contributed by atoms with Gasteiger partial charge in [0, 0.05) is 44.2 Å². The van der Waals surface area contributed by atoms with E-state index in [9.17, 15) is 0 Å². The molecular weight excluding hydrogens is 819 g/mol. The summed E-state index contributed by atoms with van der Waals surface area (Å²) in [6.45, 7) is 0. The SMILES string of the molecule is c1ccc(-c2ccc(-c3cc(-c4cccc(-c5cccc(-c6nc(-c7ccccc7)nc(-c7ccc8c(c7)oc7ccccc78)n6)c5)c4)nc(-c4ccc(-c5ccccc5)cc4)n3)cc2)cc1. The van der Waals surface area contributed by atoms with Gasteiger partial charge < -0.3 is 4.42 Å². The second kappa shape index (κ2) is 17.1. The van der Waals surface area contributed by atoms with Crippen LogP contribution in [0.4, 0.5) is 0 Å². The van der Waals surface area contributed by atoms with E-state index in [1.807, 2.05) is 66.7 Å². The van der Waals surface area contributed by atoms with Crippen LogP contribution in [0.2, 0.25) is 0 Å². The van der Waals surface area contributed by atoms with Gasteiger partial charge in [0.05, 0.1) is 11.4 Å². The molecule has 314 valence electrons. The fourth-order valence-corrected chi connectivity index (χ4v) is 8.69. The van der Waals surface area contributed by atoms with Gasteiger partial charge in [-0.2, -0.15) is 0 Å². The van der Waals surface area contributed by atoms with Gasteiger partial charge in [0.25, 0.3) is 0 Å². The Morgan fingerprint density at radius 2 is 0.582 bits per heavy atom. The summed E-state index contributed by atoms with van der Waals surface area (Å²) in [4.78, 5) is 25.6. The van der Waals surface area contributed by atoms with Crippen molar-refractivity contribution in [1.29, 1.82) is 0 Å². The van der Waals surface area contributed by atoms with Gasteiger partial charge >= 0.3 is 0 Å². The number of nitrogens with zero attached hydrogens (tertiary/aromatic N) is 5. The molecule has 0 aliphatic heterocycles. The molecule has 3 heterocycles. The van der Waals surface area contributed by atoms with E-state index in [2.05, 4.69) is 170 Å². The number of aromatic nitrogens is 5. The van der Waals surface area contributed by atoms with Crippen LogP contribution in [0.5, 0.6) is 0 Å². The van der Waals surface area contributed by atoms with E-state index in [1.54, 1.807) is 0 Å². The molecule has 0 bridgehead atoms. The van der Waals surface area contributed by atoms with Crippen LogP contribution in [0.25, 0.3) is 123 Å². The summed E-state index contributed by atoms with van der Waals surface area (Å²) in [6, 6.07) is 81.3. The van der Waals surface area contributed by atoms with Gasteiger partial charge in [-0.15, -0.1) is 0 Å². The van der Waals surface area contributed by atoms with Crippen molar-refractivity contribution in [2.75, 3.05) is 0 Å². The molecule has 67 heavy (non-hydrogen) atoms. The van der Waals surface area contributed by atoms with Gasteiger partial charge in [0.1, 0.15) is 11.2 Å². The zero-order valence-corrected chi connectivity index (χ0v) is 36.2. The van der Waals surface area contributed by atoms with Crippen LogP contribution >= 0.6 is 0 Å². The molecule has 0 radical (unpaired) electrons. The number of furan rings is 1. The number of hydrogen-bond acceptors (Lipinski definition) is 6. The van der Waals surface area contributed by atoms with Crippen LogP contribution in [-0.4, -0.2) is 24.9 Å². The van der Waals surface area contributed by atoms with Crippen LogP contribution < -0.4 is 0 Å². The number of hydrogen-bond donors (Lipinski definition) is 0. The minimum atomic E-state index is 0.568. The fourth-order valence-electron chi connectivity index (χ4n) is 8.69. The highest BCUT2D eigenvalue weighted by Crippen LogP contribution is 2.35. The summed E-state index contributed by atoms with van der Waals surface area (Å²) < 4.78 is 6.27. The predicted octanol–water partition coefficient (Wildman–Crippen LogP) is 15.6. The van der Waals surface area contributed by atoms with Gasteiger partial charge in [0.2, 0.25) is 0 Å². The Hall–Kier alpha value is -9.13. The minimum Gasteiger partial charge on any atom is -0.456 e. The number of benzene rings is 9. The van der Waals surface area contributed by atoms with E-state index in [0.29, 0.717) is 23.3 Å². The van der Waals surface area contributed by atoms with Gasteiger partial charge in [-0.25, -0.2) is 24.9 Å². The van der Waals surface area contributed by atoms with Crippen LogP contribution in [0.3, 0.4) is 0 Å². The third kappa shape index (κ3) is 7.94. The van der Waals surface area contributed by atoms with Crippen LogP contribution in [0.1, 0.15) is 0 Å². The van der Waals surface area contributed by atoms with E-state index >= 15 is 0 Å². The van der Waals surface area contributed by atoms with Crippen molar-refractivity contribution < 1.29 is 4.42 Å². The van der Waals surface area contributed by atoms with Crippen molar-refractivity contribution in [1.82, 2.24) is 24.9 Å². The Labute approximate surface area is 387 Å². The van der Waals surface area contributed by atoms with Crippen LogP contribution in [0.15, 0.2) is 241 Å². The Morgan fingerprint density at radius 1 is 0.209 bits per heavy atom. The summed E-state index contributed by atoms with van der Waals surface area (Å²) in [5.74, 6) is 2.40. The lowest BCUT2D eigenvalue weighted by atomic mass is 9.98. The van der Waals surface area contributed by atoms with Gasteiger partial charge in [-0.05, 0) is 69.8 Å². The monoisotopic (exact) mass is 857 g/mol. The average molecular weight is 858 g/mol. The second-order valence-electron chi connectivity index (χ2n) is 16.5. The minimum absolute atomic E-state index is 0.568. The van der Waals surface area contributed by atoms with Crippen LogP contribution in [-0.2, 0) is 0 Å². The second-order valence-corrected chi connectivity index (χ2v) is 16.5. The van der Waals surface area contributed by atoms with Crippen molar-refractivity contribution in [3.63, 3.8) is 0 Å². The Balaban J connectivity index is 0.925. The summed E-state index contributed by atoms with van der Waals surface area (Å²) in [5.41, 5.74) is 15.5. The molecule has 0 unspecified atom stereocenters. The van der Waals surface area contributed by atoms with Crippen molar-refractivity contribution in [3.8, 4) is 101 Å². The third-order valence-corrected chi connectivity index (χ3v) is 12.2. The van der Waals surface area contributed by atoms with Crippen molar-refractivity contribution >= 4 is 21.9 Å². The van der Waals surface area contributed by atoms with Gasteiger partial charge in [-0.1, -0.05) is 200 Å². The third-order valence-electron chi connectivity index (χ3n) is 12.2. The number of para-hydroxylation sites is 1. The molecule has 6 nitrogen and oxygen atoms in total. The molecule has 0 amide bonds. The largest absolute Gasteiger partial charge is 0.456 e. The molecular formula is C61H39N5O. The molecule has 0 saturated carbocycles. The lowest BCUT2D eigenvalue weighted by molar-refractivity contribution is 0.669. The van der Waals surface area contributed by atoms with Gasteiger partial charge in [0.15, 0.2) is 23.3 Å². The van der Waals surface area contributed by atoms with E-state index < -0.39 is 0 Å². The molecule has 12 aromatic rings. The standard InChI is InChI=1S/C61H39N5O/c1-4-14-40(15-5-1)42-26-30-44(31-27-42)54-39-55(63-58(62-54)46-32-28-43(29-33-46)41-16-6-2-7-17-41)49-22-12-20-47(36-49)48-21-13-23-50(37-48)60-64-59(45-18-8-3-9-19-45)65-61(66-60)51-34-35-53-52-24-10-11-25-56(52)67-57(53)38-51/h1-39H. The Kier molecular flexibility index (Phi) is 10.1. The van der Waals surface area contributed by atoms with E-state index in [-0.39, 0.29) is 0 Å². The van der Waals surface area contributed by atoms with Gasteiger partial charge in [-0.3, -0.25) is 0 Å². The maximum absolute atomic E-state index is 6.27. The lowest BCUT2D eigenvalue weighted by Gasteiger charge is -2.12. The Bertz CT molecular complexity index is 3620. The highest BCUT2D eigenvalue weighted by molar-refractivity contribution is 6.05. The normalized spacial score (nSPS) is 11.3. The molecule has 6 heteroatoms. The van der Waals surface area contributed by atoms with Crippen molar-refractivity contribution in [3.05, 3.63) is 237 Å². The van der Waals surface area contributed by atoms with Crippen molar-refractivity contribution in [2.45, 2.75) is 0 Å². The Morgan fingerprint density at radius 3 is 1.21 bits per heavy atom. The molecule has 0 saturated heterocycles. The smallest absolute Gasteiger partial charge is 0.164 e. The molecule has 9 aromatic carbocycles. The molecule has 3 aromatic heterocycles. The summed E-state index contributed by atoms with van der Waals surface area (Å²) in [7, 11) is 0. The number of rotatable bonds is 9. The first-order chi connectivity index (χ1) is 33.1. The predicted molar refractivity (Wildman–Crippen MR) is 272 cm³/mol. The quantitative estimate of drug-likeness (QED) is 0.144. The lowest BCUT2D eigenvalue weighted by Crippen LogP contribution is -2.00. The number of fused-ring (bicyclic) bond motifs is 3. The molecule has 0 N–H and O–H groups in total. The highest BCUT2D eigenvalue weighted by atomic mass is 16.3. The average Bonchev–Trinajstić information content (AvgIpc) is 3.80. The highest BCUT2D eigenvalue weighted by Gasteiger charge is 2.17. The molecule has 0 aliphatic rings. The van der Waals surface area contributed by atoms with E-state index in [0.717, 1.165) is 94.5 Å².